The van der Waals surface area contributed by atoms with Gasteiger partial charge in [0.2, 0.25) is 5.91 Å². The molecule has 0 fully saturated rings. The van der Waals surface area contributed by atoms with Crippen molar-refractivity contribution < 1.29 is 19.1 Å². The number of aromatic carboxylic acids is 1. The van der Waals surface area contributed by atoms with Crippen molar-refractivity contribution in [2.24, 2.45) is 0 Å². The van der Waals surface area contributed by atoms with Gasteiger partial charge in [-0.25, -0.2) is 9.18 Å². The molecule has 0 heterocycles. The Morgan fingerprint density at radius 2 is 2.07 bits per heavy atom. The first-order chi connectivity index (χ1) is 6.91. The fraction of sp³-hybridized carbons (Fsp3) is 0.111. The maximum Gasteiger partial charge on any atom is 0.337 e. The summed E-state index contributed by atoms with van der Waals surface area (Å²) >= 11 is 1.76. The molecule has 1 aromatic carbocycles. The number of amides is 1. The minimum Gasteiger partial charge on any atom is -0.478 e. The van der Waals surface area contributed by atoms with Crippen molar-refractivity contribution in [2.75, 3.05) is 5.32 Å². The number of nitrogens with one attached hydrogen (secondary N) is 1. The van der Waals surface area contributed by atoms with Crippen molar-refractivity contribution in [2.45, 2.75) is 6.92 Å². The topological polar surface area (TPSA) is 66.4 Å². The minimum absolute atomic E-state index is 0.122. The molecule has 1 amide bonds. The normalized spacial score (nSPS) is 9.80. The molecule has 2 N–H and O–H groups in total. The highest BCUT2D eigenvalue weighted by Gasteiger charge is 2.15. The van der Waals surface area contributed by atoms with Crippen LogP contribution in [0.2, 0.25) is 0 Å². The monoisotopic (exact) mass is 323 g/mol. The van der Waals surface area contributed by atoms with E-state index in [9.17, 15) is 14.0 Å². The Morgan fingerprint density at radius 3 is 2.53 bits per heavy atom. The van der Waals surface area contributed by atoms with Gasteiger partial charge in [-0.1, -0.05) is 0 Å². The summed E-state index contributed by atoms with van der Waals surface area (Å²) in [6.45, 7) is 1.26. The highest BCUT2D eigenvalue weighted by atomic mass is 127. The molecule has 0 aliphatic heterocycles. The zero-order chi connectivity index (χ0) is 11.6. The molecule has 0 spiro atoms. The quantitative estimate of drug-likeness (QED) is 0.819. The molecule has 4 nitrogen and oxygen atoms in total. The van der Waals surface area contributed by atoms with Crippen molar-refractivity contribution in [3.05, 3.63) is 27.1 Å². The van der Waals surface area contributed by atoms with Crippen LogP contribution in [0.25, 0.3) is 0 Å². The van der Waals surface area contributed by atoms with Gasteiger partial charge < -0.3 is 10.4 Å². The molecule has 0 aliphatic carbocycles. The molecule has 15 heavy (non-hydrogen) atoms. The Kier molecular flexibility index (Phi) is 3.61. The smallest absolute Gasteiger partial charge is 0.337 e. The summed E-state index contributed by atoms with van der Waals surface area (Å²) in [5.74, 6) is -2.33. The number of carboxylic acids is 1. The molecule has 0 saturated heterocycles. The molecule has 0 aromatic heterocycles. The van der Waals surface area contributed by atoms with Crippen molar-refractivity contribution >= 4 is 40.2 Å². The van der Waals surface area contributed by atoms with Gasteiger partial charge in [-0.15, -0.1) is 0 Å². The number of benzene rings is 1. The van der Waals surface area contributed by atoms with Crippen LogP contribution in [0, 0.1) is 9.39 Å². The fourth-order valence-electron chi connectivity index (χ4n) is 1.05. The van der Waals surface area contributed by atoms with Gasteiger partial charge in [0.15, 0.2) is 0 Å². The van der Waals surface area contributed by atoms with Crippen LogP contribution in [0.15, 0.2) is 12.1 Å². The van der Waals surface area contributed by atoms with Crippen molar-refractivity contribution in [3.8, 4) is 0 Å². The van der Waals surface area contributed by atoms with Crippen LogP contribution >= 0.6 is 22.6 Å². The number of rotatable bonds is 2. The molecule has 0 bridgehead atoms. The Balaban J connectivity index is 3.33. The number of carbonyl (C=O) groups is 2. The summed E-state index contributed by atoms with van der Waals surface area (Å²) in [4.78, 5) is 21.6. The number of anilines is 1. The lowest BCUT2D eigenvalue weighted by molar-refractivity contribution is -0.114. The number of carboxylic acid groups (broad SMARTS) is 1. The number of hydrogen-bond acceptors (Lipinski definition) is 2. The van der Waals surface area contributed by atoms with Gasteiger partial charge >= 0.3 is 5.97 Å². The largest absolute Gasteiger partial charge is 0.478 e. The third-order valence-electron chi connectivity index (χ3n) is 1.59. The van der Waals surface area contributed by atoms with Gasteiger partial charge in [-0.05, 0) is 34.7 Å². The van der Waals surface area contributed by atoms with E-state index in [0.717, 1.165) is 12.1 Å². The maximum absolute atomic E-state index is 12.9. The molecular weight excluding hydrogens is 316 g/mol. The van der Waals surface area contributed by atoms with E-state index >= 15 is 0 Å². The van der Waals surface area contributed by atoms with E-state index in [1.165, 1.54) is 6.92 Å². The number of hydrogen-bond donors (Lipinski definition) is 2. The van der Waals surface area contributed by atoms with Crippen molar-refractivity contribution in [1.29, 1.82) is 0 Å². The van der Waals surface area contributed by atoms with E-state index in [0.29, 0.717) is 3.57 Å². The lowest BCUT2D eigenvalue weighted by Gasteiger charge is -2.09. The van der Waals surface area contributed by atoms with Crippen LogP contribution in [-0.2, 0) is 4.79 Å². The predicted molar refractivity (Wildman–Crippen MR) is 60.4 cm³/mol. The Hall–Kier alpha value is -1.18. The molecule has 0 saturated carbocycles. The predicted octanol–water partition coefficient (Wildman–Crippen LogP) is 2.09. The maximum atomic E-state index is 12.9. The van der Waals surface area contributed by atoms with Crippen LogP contribution in [0.5, 0.6) is 0 Å². The highest BCUT2D eigenvalue weighted by molar-refractivity contribution is 14.1. The zero-order valence-electron chi connectivity index (χ0n) is 7.67. The van der Waals surface area contributed by atoms with Gasteiger partial charge in [-0.2, -0.15) is 0 Å². The SMILES string of the molecule is CC(=O)Nc1c(I)cc(F)cc1C(=O)O. The Morgan fingerprint density at radius 1 is 1.47 bits per heavy atom. The lowest BCUT2D eigenvalue weighted by atomic mass is 10.1. The fourth-order valence-corrected chi connectivity index (χ4v) is 1.77. The molecule has 0 atom stereocenters. The van der Waals surface area contributed by atoms with E-state index in [1.54, 1.807) is 22.6 Å². The molecule has 0 aliphatic rings. The summed E-state index contributed by atoms with van der Waals surface area (Å²) in [7, 11) is 0. The molecule has 0 unspecified atom stereocenters. The van der Waals surface area contributed by atoms with E-state index in [1.807, 2.05) is 0 Å². The molecule has 0 radical (unpaired) electrons. The second kappa shape index (κ2) is 4.56. The van der Waals surface area contributed by atoms with Crippen LogP contribution in [0.3, 0.4) is 0 Å². The summed E-state index contributed by atoms with van der Waals surface area (Å²) in [6, 6.07) is 2.02. The molecule has 1 rings (SSSR count). The molecular formula is C9H7FINO3. The summed E-state index contributed by atoms with van der Waals surface area (Å²) in [5, 5.41) is 11.2. The van der Waals surface area contributed by atoms with Gasteiger partial charge in [0.25, 0.3) is 0 Å². The van der Waals surface area contributed by atoms with E-state index in [2.05, 4.69) is 5.32 Å². The zero-order valence-corrected chi connectivity index (χ0v) is 9.83. The van der Waals surface area contributed by atoms with Crippen molar-refractivity contribution in [1.82, 2.24) is 0 Å². The molecule has 1 aromatic rings. The average molecular weight is 323 g/mol. The summed E-state index contributed by atoms with van der Waals surface area (Å²) < 4.78 is 13.3. The number of carbonyl (C=O) groups excluding carboxylic acids is 1. The summed E-state index contributed by atoms with van der Waals surface area (Å²) in [5.41, 5.74) is -0.133. The standard InChI is InChI=1S/C9H7FINO3/c1-4(13)12-8-6(9(14)15)2-5(10)3-7(8)11/h2-3H,1H3,(H,12,13)(H,14,15). The highest BCUT2D eigenvalue weighted by Crippen LogP contribution is 2.24. The van der Waals surface area contributed by atoms with Gasteiger partial charge in [0.1, 0.15) is 5.82 Å². The van der Waals surface area contributed by atoms with E-state index in [-0.39, 0.29) is 11.3 Å². The van der Waals surface area contributed by atoms with E-state index in [4.69, 9.17) is 5.11 Å². The first-order valence-electron chi connectivity index (χ1n) is 3.91. The van der Waals surface area contributed by atoms with Gasteiger partial charge in [-0.3, -0.25) is 4.79 Å². The Bertz CT molecular complexity index is 434. The summed E-state index contributed by atoms with van der Waals surface area (Å²) in [6.07, 6.45) is 0. The minimum atomic E-state index is -1.28. The Labute approximate surface area is 98.6 Å². The lowest BCUT2D eigenvalue weighted by Crippen LogP contribution is -2.12. The second-order valence-electron chi connectivity index (χ2n) is 2.80. The molecule has 80 valence electrons. The van der Waals surface area contributed by atoms with Gasteiger partial charge in [0, 0.05) is 10.5 Å². The van der Waals surface area contributed by atoms with Crippen molar-refractivity contribution in [3.63, 3.8) is 0 Å². The third-order valence-corrected chi connectivity index (χ3v) is 2.44. The molecule has 6 heteroatoms. The van der Waals surface area contributed by atoms with Crippen LogP contribution in [0.4, 0.5) is 10.1 Å². The second-order valence-corrected chi connectivity index (χ2v) is 3.96. The van der Waals surface area contributed by atoms with Crippen LogP contribution < -0.4 is 5.32 Å². The first-order valence-corrected chi connectivity index (χ1v) is 4.99. The van der Waals surface area contributed by atoms with Crippen LogP contribution in [0.1, 0.15) is 17.3 Å². The number of halogens is 2. The average Bonchev–Trinajstić information content (AvgIpc) is 2.08. The van der Waals surface area contributed by atoms with Crippen LogP contribution in [-0.4, -0.2) is 17.0 Å². The first kappa shape index (κ1) is 11.9. The third kappa shape index (κ3) is 2.88. The van der Waals surface area contributed by atoms with E-state index < -0.39 is 17.7 Å². The van der Waals surface area contributed by atoms with Gasteiger partial charge in [0.05, 0.1) is 11.3 Å².